The Morgan fingerprint density at radius 2 is 2.41 bits per heavy atom. The highest BCUT2D eigenvalue weighted by atomic mass is 16.5. The SMILES string of the molecule is CC(=O)OCCn1cc(C=O)c2cccnc21. The van der Waals surface area contributed by atoms with Crippen LogP contribution in [0.2, 0.25) is 0 Å². The van der Waals surface area contributed by atoms with Gasteiger partial charge in [-0.3, -0.25) is 9.59 Å². The van der Waals surface area contributed by atoms with Crippen molar-refractivity contribution in [1.29, 1.82) is 0 Å². The molecule has 2 aromatic heterocycles. The zero-order valence-electron chi connectivity index (χ0n) is 9.42. The minimum absolute atomic E-state index is 0.272. The van der Waals surface area contributed by atoms with Gasteiger partial charge in [-0.2, -0.15) is 0 Å². The third-order valence-corrected chi connectivity index (χ3v) is 2.43. The summed E-state index contributed by atoms with van der Waals surface area (Å²) in [5.41, 5.74) is 1.32. The van der Waals surface area contributed by atoms with Gasteiger partial charge in [-0.15, -0.1) is 0 Å². The van der Waals surface area contributed by atoms with E-state index in [1.165, 1.54) is 6.92 Å². The fourth-order valence-electron chi connectivity index (χ4n) is 1.70. The summed E-state index contributed by atoms with van der Waals surface area (Å²) in [6.07, 6.45) is 4.18. The van der Waals surface area contributed by atoms with Crippen molar-refractivity contribution in [3.05, 3.63) is 30.1 Å². The molecular formula is C12H12N2O3. The first-order valence-electron chi connectivity index (χ1n) is 5.25. The Kier molecular flexibility index (Phi) is 3.18. The smallest absolute Gasteiger partial charge is 0.302 e. The number of aldehydes is 1. The van der Waals surface area contributed by atoms with Crippen molar-refractivity contribution >= 4 is 23.3 Å². The second-order valence-corrected chi connectivity index (χ2v) is 3.61. The molecule has 88 valence electrons. The first-order chi connectivity index (χ1) is 8.22. The van der Waals surface area contributed by atoms with Gasteiger partial charge in [0.2, 0.25) is 0 Å². The number of hydrogen-bond acceptors (Lipinski definition) is 4. The summed E-state index contributed by atoms with van der Waals surface area (Å²) in [6.45, 7) is 2.12. The largest absolute Gasteiger partial charge is 0.464 e. The average molecular weight is 232 g/mol. The molecule has 5 heteroatoms. The average Bonchev–Trinajstić information content (AvgIpc) is 2.68. The molecule has 0 unspecified atom stereocenters. The number of esters is 1. The first-order valence-corrected chi connectivity index (χ1v) is 5.25. The highest BCUT2D eigenvalue weighted by molar-refractivity contribution is 5.95. The van der Waals surface area contributed by atoms with Gasteiger partial charge in [-0.1, -0.05) is 0 Å². The topological polar surface area (TPSA) is 61.2 Å². The quantitative estimate of drug-likeness (QED) is 0.590. The van der Waals surface area contributed by atoms with Crippen LogP contribution in [0.4, 0.5) is 0 Å². The highest BCUT2D eigenvalue weighted by Crippen LogP contribution is 2.17. The molecule has 0 saturated carbocycles. The lowest BCUT2D eigenvalue weighted by Crippen LogP contribution is -2.08. The van der Waals surface area contributed by atoms with Gasteiger partial charge in [0.15, 0.2) is 6.29 Å². The van der Waals surface area contributed by atoms with E-state index >= 15 is 0 Å². The fraction of sp³-hybridized carbons (Fsp3) is 0.250. The van der Waals surface area contributed by atoms with E-state index in [2.05, 4.69) is 4.98 Å². The Morgan fingerprint density at radius 3 is 3.12 bits per heavy atom. The van der Waals surface area contributed by atoms with Gasteiger partial charge in [-0.05, 0) is 12.1 Å². The van der Waals surface area contributed by atoms with Crippen LogP contribution in [0.3, 0.4) is 0 Å². The van der Waals surface area contributed by atoms with Crippen LogP contribution in [0.15, 0.2) is 24.5 Å². The van der Waals surface area contributed by atoms with Crippen LogP contribution in [0.1, 0.15) is 17.3 Å². The van der Waals surface area contributed by atoms with Crippen molar-refractivity contribution in [2.75, 3.05) is 6.61 Å². The summed E-state index contributed by atoms with van der Waals surface area (Å²) in [4.78, 5) is 25.8. The maximum atomic E-state index is 10.9. The van der Waals surface area contributed by atoms with Crippen molar-refractivity contribution in [2.24, 2.45) is 0 Å². The molecule has 0 atom stereocenters. The van der Waals surface area contributed by atoms with Crippen molar-refractivity contribution in [3.63, 3.8) is 0 Å². The number of nitrogens with zero attached hydrogens (tertiary/aromatic N) is 2. The van der Waals surface area contributed by atoms with E-state index in [1.54, 1.807) is 18.5 Å². The first kappa shape index (κ1) is 11.3. The van der Waals surface area contributed by atoms with Gasteiger partial charge in [0, 0.05) is 30.3 Å². The molecule has 0 aliphatic heterocycles. The number of hydrogen-bond donors (Lipinski definition) is 0. The van der Waals surface area contributed by atoms with Crippen LogP contribution in [-0.4, -0.2) is 28.4 Å². The zero-order chi connectivity index (χ0) is 12.3. The third-order valence-electron chi connectivity index (χ3n) is 2.43. The molecule has 0 bridgehead atoms. The van der Waals surface area contributed by atoms with Gasteiger partial charge in [0.25, 0.3) is 0 Å². The summed E-state index contributed by atoms with van der Waals surface area (Å²) in [5.74, 6) is -0.315. The highest BCUT2D eigenvalue weighted by Gasteiger charge is 2.08. The third kappa shape index (κ3) is 2.33. The van der Waals surface area contributed by atoms with Crippen LogP contribution < -0.4 is 0 Å². The Balaban J connectivity index is 2.27. The number of aromatic nitrogens is 2. The lowest BCUT2D eigenvalue weighted by Gasteiger charge is -2.04. The molecule has 17 heavy (non-hydrogen) atoms. The predicted molar refractivity (Wildman–Crippen MR) is 61.8 cm³/mol. The maximum absolute atomic E-state index is 10.9. The van der Waals surface area contributed by atoms with Gasteiger partial charge in [0.05, 0.1) is 6.54 Å². The Morgan fingerprint density at radius 1 is 1.59 bits per heavy atom. The monoisotopic (exact) mass is 232 g/mol. The number of pyridine rings is 1. The van der Waals surface area contributed by atoms with Gasteiger partial charge < -0.3 is 9.30 Å². The molecule has 2 aromatic rings. The van der Waals surface area contributed by atoms with Gasteiger partial charge in [-0.25, -0.2) is 4.98 Å². The molecule has 0 aliphatic carbocycles. The van der Waals surface area contributed by atoms with E-state index in [9.17, 15) is 9.59 Å². The lowest BCUT2D eigenvalue weighted by molar-refractivity contribution is -0.141. The molecule has 0 saturated heterocycles. The normalized spacial score (nSPS) is 10.4. The lowest BCUT2D eigenvalue weighted by atomic mass is 10.2. The molecule has 0 radical (unpaired) electrons. The van der Waals surface area contributed by atoms with E-state index in [0.29, 0.717) is 12.1 Å². The number of fused-ring (bicyclic) bond motifs is 1. The van der Waals surface area contributed by atoms with Crippen LogP contribution in [0.25, 0.3) is 11.0 Å². The second kappa shape index (κ2) is 4.78. The Hall–Kier alpha value is -2.17. The molecule has 2 rings (SSSR count). The number of carbonyl (C=O) groups excluding carboxylic acids is 2. The molecule has 0 N–H and O–H groups in total. The van der Waals surface area contributed by atoms with Crippen LogP contribution in [0, 0.1) is 0 Å². The van der Waals surface area contributed by atoms with Crippen LogP contribution in [-0.2, 0) is 16.1 Å². The van der Waals surface area contributed by atoms with Crippen molar-refractivity contribution in [1.82, 2.24) is 9.55 Å². The number of rotatable bonds is 4. The zero-order valence-corrected chi connectivity index (χ0v) is 9.42. The maximum Gasteiger partial charge on any atom is 0.302 e. The molecule has 0 spiro atoms. The minimum Gasteiger partial charge on any atom is -0.464 e. The Labute approximate surface area is 98.0 Å². The van der Waals surface area contributed by atoms with Crippen LogP contribution in [0.5, 0.6) is 0 Å². The van der Waals surface area contributed by atoms with Crippen molar-refractivity contribution in [3.8, 4) is 0 Å². The van der Waals surface area contributed by atoms with Crippen molar-refractivity contribution < 1.29 is 14.3 Å². The van der Waals surface area contributed by atoms with Crippen molar-refractivity contribution in [2.45, 2.75) is 13.5 Å². The molecule has 0 fully saturated rings. The molecular weight excluding hydrogens is 220 g/mol. The van der Waals surface area contributed by atoms with Gasteiger partial charge >= 0.3 is 5.97 Å². The summed E-state index contributed by atoms with van der Waals surface area (Å²) in [6, 6.07) is 3.63. The van der Waals surface area contributed by atoms with E-state index in [4.69, 9.17) is 4.74 Å². The summed E-state index contributed by atoms with van der Waals surface area (Å²) in [7, 11) is 0. The summed E-state index contributed by atoms with van der Waals surface area (Å²) < 4.78 is 6.67. The molecule has 0 amide bonds. The molecule has 2 heterocycles. The number of carbonyl (C=O) groups is 2. The standard InChI is InChI=1S/C12H12N2O3/c1-9(16)17-6-5-14-7-10(8-15)11-3-2-4-13-12(11)14/h2-4,7-8H,5-6H2,1H3. The number of ether oxygens (including phenoxy) is 1. The molecule has 0 aromatic carbocycles. The fourth-order valence-corrected chi connectivity index (χ4v) is 1.70. The summed E-state index contributed by atoms with van der Waals surface area (Å²) in [5, 5.41) is 0.810. The predicted octanol–water partition coefficient (Wildman–Crippen LogP) is 1.41. The second-order valence-electron chi connectivity index (χ2n) is 3.61. The van der Waals surface area contributed by atoms with E-state index in [1.807, 2.05) is 10.6 Å². The van der Waals surface area contributed by atoms with E-state index in [0.717, 1.165) is 17.3 Å². The van der Waals surface area contributed by atoms with E-state index < -0.39 is 0 Å². The summed E-state index contributed by atoms with van der Waals surface area (Å²) >= 11 is 0. The molecule has 0 aliphatic rings. The van der Waals surface area contributed by atoms with Gasteiger partial charge in [0.1, 0.15) is 12.3 Å². The Bertz CT molecular complexity index is 560. The molecule has 5 nitrogen and oxygen atoms in total. The van der Waals surface area contributed by atoms with E-state index in [-0.39, 0.29) is 12.6 Å². The minimum atomic E-state index is -0.315. The van der Waals surface area contributed by atoms with Crippen LogP contribution >= 0.6 is 0 Å².